The minimum absolute atomic E-state index is 0.0252. The van der Waals surface area contributed by atoms with E-state index in [0.29, 0.717) is 16.3 Å². The highest BCUT2D eigenvalue weighted by molar-refractivity contribution is 6.31. The number of anilines is 1. The number of nitrogens with zero attached hydrogens (tertiary/aromatic N) is 1. The maximum atomic E-state index is 13.3. The van der Waals surface area contributed by atoms with Gasteiger partial charge in [-0.3, -0.25) is 4.79 Å². The second kappa shape index (κ2) is 7.20. The van der Waals surface area contributed by atoms with E-state index < -0.39 is 5.97 Å². The largest absolute Gasteiger partial charge is 0.462 e. The van der Waals surface area contributed by atoms with E-state index in [1.54, 1.807) is 19.1 Å². The van der Waals surface area contributed by atoms with Crippen LogP contribution in [0.5, 0.6) is 0 Å². The van der Waals surface area contributed by atoms with Gasteiger partial charge in [-0.1, -0.05) is 11.6 Å². The van der Waals surface area contributed by atoms with Gasteiger partial charge >= 0.3 is 5.97 Å². The number of nitrogens with one attached hydrogen (secondary N) is 1. The van der Waals surface area contributed by atoms with Crippen LogP contribution < -0.4 is 5.32 Å². The first kappa shape index (κ1) is 19.2. The number of esters is 1. The fraction of sp³-hybridized carbons (Fsp3) is 0.600. The fourth-order valence-electron chi connectivity index (χ4n) is 4.53. The van der Waals surface area contributed by atoms with E-state index in [-0.39, 0.29) is 18.1 Å². The first-order valence-corrected chi connectivity index (χ1v) is 9.92. The van der Waals surface area contributed by atoms with Gasteiger partial charge in [0.2, 0.25) is 0 Å². The van der Waals surface area contributed by atoms with E-state index in [1.165, 1.54) is 12.8 Å². The van der Waals surface area contributed by atoms with Crippen molar-refractivity contribution in [2.75, 3.05) is 31.6 Å². The predicted octanol–water partition coefficient (Wildman–Crippen LogP) is 3.93. The van der Waals surface area contributed by atoms with Crippen LogP contribution in [0.2, 0.25) is 5.02 Å². The lowest BCUT2D eigenvalue weighted by Crippen LogP contribution is -2.60. The Morgan fingerprint density at radius 1 is 1.23 bits per heavy atom. The van der Waals surface area contributed by atoms with Crippen molar-refractivity contribution in [1.82, 2.24) is 0 Å². The molecule has 1 aromatic rings. The van der Waals surface area contributed by atoms with E-state index in [1.807, 2.05) is 6.92 Å². The molecule has 2 fully saturated rings. The number of likely N-dealkylation sites (N-methyl/N-ethyl adjacent to an activating group) is 1. The molecule has 0 radical (unpaired) electrons. The lowest BCUT2D eigenvalue weighted by atomic mass is 10.1. The van der Waals surface area contributed by atoms with E-state index in [9.17, 15) is 9.59 Å². The Bertz CT molecular complexity index is 722. The fourth-order valence-corrected chi connectivity index (χ4v) is 4.80. The Kier molecular flexibility index (Phi) is 5.31. The standard InChI is InChI=1S/C20H27ClN2O3/c1-4-23(10-6-7-11-23)20(8-9-20)19(25)22-17-14(3)12-15(21)13-16(17)18(24)26-5-2/h12-13H,4-11H2,1-3H3/p+1. The summed E-state index contributed by atoms with van der Waals surface area (Å²) in [5, 5.41) is 3.53. The van der Waals surface area contributed by atoms with Crippen molar-refractivity contribution < 1.29 is 18.8 Å². The Hall–Kier alpha value is -1.59. The summed E-state index contributed by atoms with van der Waals surface area (Å²) in [6.45, 7) is 9.16. The molecule has 1 N–H and O–H groups in total. The maximum Gasteiger partial charge on any atom is 0.340 e. The molecule has 5 nitrogen and oxygen atoms in total. The summed E-state index contributed by atoms with van der Waals surface area (Å²) >= 11 is 6.13. The molecule has 1 aliphatic heterocycles. The second-order valence-electron chi connectivity index (χ2n) is 7.47. The third-order valence-corrected chi connectivity index (χ3v) is 6.33. The predicted molar refractivity (Wildman–Crippen MR) is 103 cm³/mol. The quantitative estimate of drug-likeness (QED) is 0.602. The number of carbonyl (C=O) groups is 2. The van der Waals surface area contributed by atoms with Crippen molar-refractivity contribution in [2.24, 2.45) is 0 Å². The Balaban J connectivity index is 1.91. The molecule has 0 unspecified atom stereocenters. The van der Waals surface area contributed by atoms with Gasteiger partial charge in [-0.2, -0.15) is 0 Å². The summed E-state index contributed by atoms with van der Waals surface area (Å²) in [5.41, 5.74) is 1.28. The lowest BCUT2D eigenvalue weighted by Gasteiger charge is -2.40. The second-order valence-corrected chi connectivity index (χ2v) is 7.90. The Labute approximate surface area is 160 Å². The van der Waals surface area contributed by atoms with Crippen LogP contribution in [0.1, 0.15) is 55.5 Å². The van der Waals surface area contributed by atoms with Crippen LogP contribution in [-0.4, -0.2) is 48.1 Å². The van der Waals surface area contributed by atoms with Crippen LogP contribution in [0.3, 0.4) is 0 Å². The van der Waals surface area contributed by atoms with E-state index in [0.717, 1.165) is 42.5 Å². The van der Waals surface area contributed by atoms with Crippen LogP contribution in [0.15, 0.2) is 12.1 Å². The van der Waals surface area contributed by atoms with Crippen LogP contribution in [-0.2, 0) is 9.53 Å². The summed E-state index contributed by atoms with van der Waals surface area (Å²) < 4.78 is 6.02. The SMILES string of the molecule is CCOC(=O)c1cc(Cl)cc(C)c1NC(=O)C1([N+]2(CC)CCCC2)CC1. The average molecular weight is 380 g/mol. The normalized spacial score (nSPS) is 19.8. The first-order chi connectivity index (χ1) is 12.4. The van der Waals surface area contributed by atoms with Crippen molar-refractivity contribution >= 4 is 29.2 Å². The number of carbonyl (C=O) groups excluding carboxylic acids is 2. The van der Waals surface area contributed by atoms with Gasteiger partial charge in [0.25, 0.3) is 5.91 Å². The Morgan fingerprint density at radius 3 is 2.42 bits per heavy atom. The number of rotatable bonds is 6. The van der Waals surface area contributed by atoms with Crippen molar-refractivity contribution in [2.45, 2.75) is 52.0 Å². The minimum Gasteiger partial charge on any atom is -0.462 e. The van der Waals surface area contributed by atoms with Gasteiger partial charge in [0.15, 0.2) is 5.54 Å². The molecule has 26 heavy (non-hydrogen) atoms. The molecular formula is C20H28ClN2O3+. The van der Waals surface area contributed by atoms with Crippen LogP contribution in [0.4, 0.5) is 5.69 Å². The highest BCUT2D eigenvalue weighted by Crippen LogP contribution is 2.50. The number of halogens is 1. The maximum absolute atomic E-state index is 13.3. The number of quaternary nitrogens is 1. The molecule has 1 heterocycles. The third-order valence-electron chi connectivity index (χ3n) is 6.12. The van der Waals surface area contributed by atoms with Crippen molar-refractivity contribution in [3.8, 4) is 0 Å². The molecule has 2 aliphatic rings. The van der Waals surface area contributed by atoms with E-state index in [2.05, 4.69) is 12.2 Å². The van der Waals surface area contributed by atoms with Gasteiger partial charge in [0.1, 0.15) is 0 Å². The molecule has 0 bridgehead atoms. The van der Waals surface area contributed by atoms with Crippen molar-refractivity contribution in [1.29, 1.82) is 0 Å². The molecule has 3 rings (SSSR count). The molecule has 0 aromatic heterocycles. The van der Waals surface area contributed by atoms with E-state index in [4.69, 9.17) is 16.3 Å². The van der Waals surface area contributed by atoms with Crippen LogP contribution in [0, 0.1) is 6.92 Å². The topological polar surface area (TPSA) is 55.4 Å². The van der Waals surface area contributed by atoms with Crippen LogP contribution >= 0.6 is 11.6 Å². The van der Waals surface area contributed by atoms with Crippen molar-refractivity contribution in [3.05, 3.63) is 28.3 Å². The Morgan fingerprint density at radius 2 is 1.88 bits per heavy atom. The highest BCUT2D eigenvalue weighted by atomic mass is 35.5. The monoisotopic (exact) mass is 379 g/mol. The summed E-state index contributed by atoms with van der Waals surface area (Å²) in [6.07, 6.45) is 4.18. The molecule has 0 atom stereocenters. The van der Waals surface area contributed by atoms with E-state index >= 15 is 0 Å². The zero-order chi connectivity index (χ0) is 18.9. The lowest BCUT2D eigenvalue weighted by molar-refractivity contribution is -0.940. The highest BCUT2D eigenvalue weighted by Gasteiger charge is 2.65. The summed E-state index contributed by atoms with van der Waals surface area (Å²) in [6, 6.07) is 3.33. The average Bonchev–Trinajstić information content (AvgIpc) is 3.29. The number of likely N-dealkylation sites (tertiary alicyclic amines) is 1. The minimum atomic E-state index is -0.459. The van der Waals surface area contributed by atoms with Crippen molar-refractivity contribution in [3.63, 3.8) is 0 Å². The van der Waals surface area contributed by atoms with Gasteiger partial charge in [0.05, 0.1) is 37.5 Å². The molecule has 142 valence electrons. The number of hydrogen-bond acceptors (Lipinski definition) is 3. The van der Waals surface area contributed by atoms with Gasteiger partial charge in [0, 0.05) is 30.7 Å². The molecule has 1 amide bonds. The molecule has 1 saturated heterocycles. The zero-order valence-corrected chi connectivity index (χ0v) is 16.6. The number of benzene rings is 1. The third kappa shape index (κ3) is 3.12. The summed E-state index contributed by atoms with van der Waals surface area (Å²) in [4.78, 5) is 25.7. The van der Waals surface area contributed by atoms with Gasteiger partial charge in [-0.15, -0.1) is 0 Å². The number of aryl methyl sites for hydroxylation is 1. The number of hydrogen-bond donors (Lipinski definition) is 1. The van der Waals surface area contributed by atoms with Gasteiger partial charge in [-0.05, 0) is 38.5 Å². The molecule has 1 aliphatic carbocycles. The smallest absolute Gasteiger partial charge is 0.340 e. The number of amides is 1. The summed E-state index contributed by atoms with van der Waals surface area (Å²) in [5.74, 6) is -0.434. The van der Waals surface area contributed by atoms with Crippen LogP contribution in [0.25, 0.3) is 0 Å². The number of ether oxygens (including phenoxy) is 1. The molecule has 1 aromatic carbocycles. The molecule has 0 spiro atoms. The van der Waals surface area contributed by atoms with Gasteiger partial charge in [-0.25, -0.2) is 4.79 Å². The zero-order valence-electron chi connectivity index (χ0n) is 15.9. The molecule has 6 heteroatoms. The molecular weight excluding hydrogens is 352 g/mol. The van der Waals surface area contributed by atoms with Gasteiger partial charge < -0.3 is 14.5 Å². The molecule has 1 saturated carbocycles. The first-order valence-electron chi connectivity index (χ1n) is 9.54. The summed E-state index contributed by atoms with van der Waals surface area (Å²) in [7, 11) is 0.